The zero-order valence-corrected chi connectivity index (χ0v) is 14.3. The molecule has 8 heteroatoms. The molecule has 8 nitrogen and oxygen atoms in total. The first-order chi connectivity index (χ1) is 13.0. The topological polar surface area (TPSA) is 120 Å². The molecule has 0 bridgehead atoms. The van der Waals surface area contributed by atoms with Crippen molar-refractivity contribution in [2.45, 2.75) is 6.92 Å². The van der Waals surface area contributed by atoms with Gasteiger partial charge in [0.25, 0.3) is 5.91 Å². The average molecular weight is 361 g/mol. The molecule has 0 unspecified atom stereocenters. The number of fused-ring (bicyclic) bond motifs is 1. The number of nitriles is 1. The van der Waals surface area contributed by atoms with E-state index in [1.54, 1.807) is 23.8 Å². The van der Waals surface area contributed by atoms with Gasteiger partial charge in [0, 0.05) is 23.7 Å². The van der Waals surface area contributed by atoms with E-state index in [2.05, 4.69) is 11.1 Å². The normalized spacial score (nSPS) is 10.7. The van der Waals surface area contributed by atoms with Crippen molar-refractivity contribution < 1.29 is 14.7 Å². The maximum absolute atomic E-state index is 11.6. The van der Waals surface area contributed by atoms with Crippen molar-refractivity contribution in [1.29, 1.82) is 5.26 Å². The second-order valence-corrected chi connectivity index (χ2v) is 5.71. The molecule has 2 aromatic heterocycles. The van der Waals surface area contributed by atoms with Gasteiger partial charge in [-0.25, -0.2) is 10.2 Å². The molecule has 3 aromatic rings. The fraction of sp³-hybridized carbons (Fsp3) is 0.0526. The predicted molar refractivity (Wildman–Crippen MR) is 98.9 cm³/mol. The van der Waals surface area contributed by atoms with Crippen LogP contribution in [0, 0.1) is 18.3 Å². The molecule has 0 radical (unpaired) electrons. The van der Waals surface area contributed by atoms with Crippen LogP contribution in [0.15, 0.2) is 48.7 Å². The molecule has 1 aromatic carbocycles. The third-order valence-corrected chi connectivity index (χ3v) is 3.83. The third-order valence-electron chi connectivity index (χ3n) is 3.83. The SMILES string of the molecule is Cc1cc2ncc(C=CC(=O)NNC(=O)O)cc2n1-c1ccc(C#N)cc1. The number of amides is 2. The maximum Gasteiger partial charge on any atom is 0.423 e. The van der Waals surface area contributed by atoms with E-state index < -0.39 is 12.0 Å². The van der Waals surface area contributed by atoms with Crippen LogP contribution in [0.5, 0.6) is 0 Å². The van der Waals surface area contributed by atoms with Gasteiger partial charge in [-0.1, -0.05) is 0 Å². The Kier molecular flexibility index (Phi) is 4.86. The Labute approximate surface area is 154 Å². The number of nitrogens with one attached hydrogen (secondary N) is 2. The van der Waals surface area contributed by atoms with Crippen LogP contribution in [-0.2, 0) is 4.79 Å². The first-order valence-electron chi connectivity index (χ1n) is 7.93. The van der Waals surface area contributed by atoms with E-state index in [0.29, 0.717) is 11.1 Å². The van der Waals surface area contributed by atoms with E-state index in [4.69, 9.17) is 10.4 Å². The summed E-state index contributed by atoms with van der Waals surface area (Å²) in [7, 11) is 0. The number of rotatable bonds is 3. The van der Waals surface area contributed by atoms with E-state index in [1.165, 1.54) is 12.2 Å². The Balaban J connectivity index is 1.93. The van der Waals surface area contributed by atoms with Crippen LogP contribution in [-0.4, -0.2) is 26.7 Å². The van der Waals surface area contributed by atoms with Gasteiger partial charge >= 0.3 is 6.09 Å². The first-order valence-corrected chi connectivity index (χ1v) is 7.93. The Bertz CT molecular complexity index is 1090. The molecule has 0 fully saturated rings. The smallest absolute Gasteiger partial charge is 0.423 e. The number of aryl methyl sites for hydroxylation is 1. The van der Waals surface area contributed by atoms with Crippen molar-refractivity contribution in [2.75, 3.05) is 0 Å². The zero-order chi connectivity index (χ0) is 19.4. The van der Waals surface area contributed by atoms with Crippen molar-refractivity contribution in [3.05, 3.63) is 65.5 Å². The average Bonchev–Trinajstić information content (AvgIpc) is 2.99. The van der Waals surface area contributed by atoms with Crippen LogP contribution in [0.1, 0.15) is 16.8 Å². The molecule has 0 aliphatic heterocycles. The van der Waals surface area contributed by atoms with E-state index in [9.17, 15) is 9.59 Å². The van der Waals surface area contributed by atoms with Gasteiger partial charge in [0.15, 0.2) is 0 Å². The number of hydrogen-bond acceptors (Lipinski definition) is 4. The molecule has 134 valence electrons. The van der Waals surface area contributed by atoms with Crippen molar-refractivity contribution in [3.8, 4) is 11.8 Å². The number of hydrazine groups is 1. The summed E-state index contributed by atoms with van der Waals surface area (Å²) in [6.45, 7) is 1.96. The molecule has 2 amide bonds. The number of carboxylic acid groups (broad SMARTS) is 1. The highest BCUT2D eigenvalue weighted by Gasteiger charge is 2.09. The molecule has 3 rings (SSSR count). The lowest BCUT2D eigenvalue weighted by molar-refractivity contribution is -0.117. The molecule has 0 atom stereocenters. The van der Waals surface area contributed by atoms with Gasteiger partial charge < -0.3 is 9.67 Å². The van der Waals surface area contributed by atoms with Gasteiger partial charge in [-0.15, -0.1) is 0 Å². The summed E-state index contributed by atoms with van der Waals surface area (Å²) in [4.78, 5) is 26.3. The lowest BCUT2D eigenvalue weighted by Crippen LogP contribution is -2.39. The quantitative estimate of drug-likeness (QED) is 0.489. The molecule has 0 aliphatic carbocycles. The Hall–Kier alpha value is -4.12. The third kappa shape index (κ3) is 3.93. The van der Waals surface area contributed by atoms with Crippen LogP contribution in [0.4, 0.5) is 4.79 Å². The molecule has 0 aliphatic rings. The molecule has 0 spiro atoms. The molecule has 2 heterocycles. The number of benzene rings is 1. The van der Waals surface area contributed by atoms with Crippen molar-refractivity contribution in [1.82, 2.24) is 20.4 Å². The number of carbonyl (C=O) groups is 2. The van der Waals surface area contributed by atoms with Crippen LogP contribution < -0.4 is 10.9 Å². The summed E-state index contributed by atoms with van der Waals surface area (Å²) < 4.78 is 2.01. The number of hydrogen-bond donors (Lipinski definition) is 3. The summed E-state index contributed by atoms with van der Waals surface area (Å²) in [6, 6.07) is 13.1. The summed E-state index contributed by atoms with van der Waals surface area (Å²) in [5, 5.41) is 17.4. The van der Waals surface area contributed by atoms with Crippen LogP contribution in [0.3, 0.4) is 0 Å². The number of aromatic nitrogens is 2. The minimum atomic E-state index is -1.35. The van der Waals surface area contributed by atoms with Crippen LogP contribution in [0.2, 0.25) is 0 Å². The van der Waals surface area contributed by atoms with Crippen LogP contribution in [0.25, 0.3) is 22.8 Å². The van der Waals surface area contributed by atoms with E-state index in [1.807, 2.05) is 41.2 Å². The van der Waals surface area contributed by atoms with Gasteiger partial charge in [-0.2, -0.15) is 5.26 Å². The van der Waals surface area contributed by atoms with Gasteiger partial charge in [-0.05, 0) is 55.0 Å². The highest BCUT2D eigenvalue weighted by Crippen LogP contribution is 2.24. The number of pyridine rings is 1. The fourth-order valence-corrected chi connectivity index (χ4v) is 2.67. The Morgan fingerprint density at radius 1 is 1.22 bits per heavy atom. The minimum absolute atomic E-state index is 0.579. The van der Waals surface area contributed by atoms with Gasteiger partial charge in [0.05, 0.1) is 22.7 Å². The molecule has 3 N–H and O–H groups in total. The largest absolute Gasteiger partial charge is 0.464 e. The monoisotopic (exact) mass is 361 g/mol. The van der Waals surface area contributed by atoms with Gasteiger partial charge in [0.1, 0.15) is 0 Å². The van der Waals surface area contributed by atoms with Crippen LogP contribution >= 0.6 is 0 Å². The van der Waals surface area contributed by atoms with Crippen molar-refractivity contribution in [3.63, 3.8) is 0 Å². The fourth-order valence-electron chi connectivity index (χ4n) is 2.67. The molecule has 0 saturated heterocycles. The summed E-state index contributed by atoms with van der Waals surface area (Å²) in [5.41, 5.74) is 8.57. The number of nitrogens with zero attached hydrogens (tertiary/aromatic N) is 3. The highest BCUT2D eigenvalue weighted by molar-refractivity contribution is 5.93. The summed E-state index contributed by atoms with van der Waals surface area (Å²) in [5.74, 6) is -0.601. The van der Waals surface area contributed by atoms with Crippen molar-refractivity contribution in [2.24, 2.45) is 0 Å². The lowest BCUT2D eigenvalue weighted by Gasteiger charge is -2.08. The van der Waals surface area contributed by atoms with Gasteiger partial charge in [0.2, 0.25) is 0 Å². The molecule has 27 heavy (non-hydrogen) atoms. The first kappa shape index (κ1) is 17.7. The molecule has 0 saturated carbocycles. The predicted octanol–water partition coefficient (Wildman–Crippen LogP) is 2.52. The summed E-state index contributed by atoms with van der Waals surface area (Å²) >= 11 is 0. The Morgan fingerprint density at radius 3 is 2.63 bits per heavy atom. The summed E-state index contributed by atoms with van der Waals surface area (Å²) in [6.07, 6.45) is 3.02. The zero-order valence-electron chi connectivity index (χ0n) is 14.3. The minimum Gasteiger partial charge on any atom is -0.464 e. The standard InChI is InChI=1S/C19H15N5O3/c1-12-8-16-17(24(12)15-5-2-13(10-20)3-6-15)9-14(11-21-16)4-7-18(25)22-23-19(26)27/h2-9,11,23H,1H3,(H,22,25)(H,26,27). The molecular formula is C19H15N5O3. The molecular weight excluding hydrogens is 346 g/mol. The maximum atomic E-state index is 11.6. The lowest BCUT2D eigenvalue weighted by atomic mass is 10.2. The van der Waals surface area contributed by atoms with Gasteiger partial charge in [-0.3, -0.25) is 15.2 Å². The second-order valence-electron chi connectivity index (χ2n) is 5.71. The van der Waals surface area contributed by atoms with E-state index in [0.717, 1.165) is 22.4 Å². The highest BCUT2D eigenvalue weighted by atomic mass is 16.4. The van der Waals surface area contributed by atoms with E-state index >= 15 is 0 Å². The Morgan fingerprint density at radius 2 is 1.96 bits per heavy atom. The van der Waals surface area contributed by atoms with Crippen molar-refractivity contribution >= 4 is 29.1 Å². The van der Waals surface area contributed by atoms with E-state index in [-0.39, 0.29) is 0 Å². The second kappa shape index (κ2) is 7.41. The number of carbonyl (C=O) groups excluding carboxylic acids is 1.